The van der Waals surface area contributed by atoms with Gasteiger partial charge in [0.2, 0.25) is 0 Å². The number of nitrogens with zero attached hydrogens (tertiary/aromatic N) is 1. The first-order valence-corrected chi connectivity index (χ1v) is 8.20. The zero-order valence-corrected chi connectivity index (χ0v) is 13.1. The van der Waals surface area contributed by atoms with Crippen LogP contribution in [-0.4, -0.2) is 36.1 Å². The lowest BCUT2D eigenvalue weighted by Crippen LogP contribution is -2.61. The molecule has 0 aromatic carbocycles. The molecule has 1 unspecified atom stereocenters. The molecule has 0 bridgehead atoms. The number of piperazine rings is 1. The third-order valence-electron chi connectivity index (χ3n) is 4.79. The van der Waals surface area contributed by atoms with Crippen LogP contribution >= 0.6 is 0 Å². The van der Waals surface area contributed by atoms with Crippen molar-refractivity contribution in [1.82, 2.24) is 10.2 Å². The lowest BCUT2D eigenvalue weighted by atomic mass is 9.88. The van der Waals surface area contributed by atoms with Gasteiger partial charge < -0.3 is 5.32 Å². The summed E-state index contributed by atoms with van der Waals surface area (Å²) in [5, 5.41) is 3.77. The monoisotopic (exact) mass is 254 g/mol. The lowest BCUT2D eigenvalue weighted by molar-refractivity contribution is 0.0764. The SMILES string of the molecule is CCCCC(CCC)N1CCNC(CC)(CC)C1. The fourth-order valence-electron chi connectivity index (χ4n) is 3.31. The Bertz CT molecular complexity index is 211. The largest absolute Gasteiger partial charge is 0.309 e. The van der Waals surface area contributed by atoms with E-state index >= 15 is 0 Å². The van der Waals surface area contributed by atoms with Gasteiger partial charge in [-0.05, 0) is 25.7 Å². The van der Waals surface area contributed by atoms with Gasteiger partial charge in [-0.25, -0.2) is 0 Å². The molecule has 0 spiro atoms. The fourth-order valence-corrected chi connectivity index (χ4v) is 3.31. The average molecular weight is 254 g/mol. The smallest absolute Gasteiger partial charge is 0.0304 e. The van der Waals surface area contributed by atoms with Gasteiger partial charge in [0, 0.05) is 31.2 Å². The molecule has 0 aliphatic carbocycles. The van der Waals surface area contributed by atoms with E-state index in [2.05, 4.69) is 37.9 Å². The maximum atomic E-state index is 3.77. The van der Waals surface area contributed by atoms with Crippen LogP contribution in [0.2, 0.25) is 0 Å². The fraction of sp³-hybridized carbons (Fsp3) is 1.00. The van der Waals surface area contributed by atoms with Crippen molar-refractivity contribution < 1.29 is 0 Å². The molecule has 1 saturated heterocycles. The van der Waals surface area contributed by atoms with E-state index < -0.39 is 0 Å². The minimum atomic E-state index is 0.385. The highest BCUT2D eigenvalue weighted by atomic mass is 15.2. The Labute approximate surface area is 115 Å². The van der Waals surface area contributed by atoms with Gasteiger partial charge in [-0.15, -0.1) is 0 Å². The second-order valence-electron chi connectivity index (χ2n) is 5.97. The van der Waals surface area contributed by atoms with Crippen LogP contribution in [-0.2, 0) is 0 Å². The molecule has 1 fully saturated rings. The molecule has 1 atom stereocenters. The average Bonchev–Trinajstić information content (AvgIpc) is 2.43. The molecule has 2 nitrogen and oxygen atoms in total. The van der Waals surface area contributed by atoms with E-state index in [9.17, 15) is 0 Å². The Morgan fingerprint density at radius 1 is 1.06 bits per heavy atom. The first-order chi connectivity index (χ1) is 8.71. The second-order valence-corrected chi connectivity index (χ2v) is 5.97. The molecule has 0 saturated carbocycles. The summed E-state index contributed by atoms with van der Waals surface area (Å²) in [7, 11) is 0. The van der Waals surface area contributed by atoms with Crippen LogP contribution in [0.25, 0.3) is 0 Å². The topological polar surface area (TPSA) is 15.3 Å². The van der Waals surface area contributed by atoms with Gasteiger partial charge in [0.1, 0.15) is 0 Å². The molecule has 1 rings (SSSR count). The standard InChI is InChI=1S/C16H34N2/c1-5-9-11-15(10-6-2)18-13-12-17-16(7-3,8-4)14-18/h15,17H,5-14H2,1-4H3. The normalized spacial score (nSPS) is 22.0. The van der Waals surface area contributed by atoms with Crippen molar-refractivity contribution in [3.05, 3.63) is 0 Å². The Kier molecular flexibility index (Phi) is 7.25. The van der Waals surface area contributed by atoms with E-state index in [-0.39, 0.29) is 0 Å². The van der Waals surface area contributed by atoms with E-state index in [4.69, 9.17) is 0 Å². The molecule has 18 heavy (non-hydrogen) atoms. The molecule has 1 heterocycles. The minimum absolute atomic E-state index is 0.385. The predicted molar refractivity (Wildman–Crippen MR) is 81.1 cm³/mol. The molecule has 1 N–H and O–H groups in total. The van der Waals surface area contributed by atoms with Crippen molar-refractivity contribution in [1.29, 1.82) is 0 Å². The first-order valence-electron chi connectivity index (χ1n) is 8.20. The van der Waals surface area contributed by atoms with E-state index in [1.165, 1.54) is 64.6 Å². The van der Waals surface area contributed by atoms with Gasteiger partial charge in [-0.3, -0.25) is 4.90 Å². The van der Waals surface area contributed by atoms with Crippen LogP contribution in [0.15, 0.2) is 0 Å². The molecule has 1 aliphatic heterocycles. The third-order valence-corrected chi connectivity index (χ3v) is 4.79. The number of hydrogen-bond donors (Lipinski definition) is 1. The highest BCUT2D eigenvalue weighted by Crippen LogP contribution is 2.24. The van der Waals surface area contributed by atoms with Crippen molar-refractivity contribution >= 4 is 0 Å². The molecule has 2 heteroatoms. The Balaban J connectivity index is 2.60. The Hall–Kier alpha value is -0.0800. The van der Waals surface area contributed by atoms with Gasteiger partial charge in [0.25, 0.3) is 0 Å². The molecule has 1 aliphatic rings. The van der Waals surface area contributed by atoms with Crippen molar-refractivity contribution in [2.45, 2.75) is 84.2 Å². The zero-order valence-electron chi connectivity index (χ0n) is 13.1. The van der Waals surface area contributed by atoms with Gasteiger partial charge in [0.15, 0.2) is 0 Å². The summed E-state index contributed by atoms with van der Waals surface area (Å²) < 4.78 is 0. The Morgan fingerprint density at radius 2 is 1.78 bits per heavy atom. The summed E-state index contributed by atoms with van der Waals surface area (Å²) in [5.41, 5.74) is 0.385. The van der Waals surface area contributed by atoms with Crippen LogP contribution < -0.4 is 5.32 Å². The summed E-state index contributed by atoms with van der Waals surface area (Å²) in [5.74, 6) is 0. The summed E-state index contributed by atoms with van der Waals surface area (Å²) >= 11 is 0. The van der Waals surface area contributed by atoms with Crippen LogP contribution in [0, 0.1) is 0 Å². The summed E-state index contributed by atoms with van der Waals surface area (Å²) in [4.78, 5) is 2.78. The van der Waals surface area contributed by atoms with Crippen LogP contribution in [0.5, 0.6) is 0 Å². The van der Waals surface area contributed by atoms with Crippen molar-refractivity contribution in [3.8, 4) is 0 Å². The molecule has 0 aromatic rings. The summed E-state index contributed by atoms with van der Waals surface area (Å²) in [6, 6.07) is 0.828. The number of nitrogens with one attached hydrogen (secondary N) is 1. The Morgan fingerprint density at radius 3 is 2.33 bits per heavy atom. The summed E-state index contributed by atoms with van der Waals surface area (Å²) in [6.45, 7) is 13.0. The molecular weight excluding hydrogens is 220 g/mol. The molecule has 0 aromatic heterocycles. The van der Waals surface area contributed by atoms with E-state index in [1.807, 2.05) is 0 Å². The second kappa shape index (κ2) is 8.16. The maximum absolute atomic E-state index is 3.77. The van der Waals surface area contributed by atoms with E-state index in [1.54, 1.807) is 0 Å². The molecular formula is C16H34N2. The van der Waals surface area contributed by atoms with E-state index in [0.717, 1.165) is 6.04 Å². The molecule has 0 amide bonds. The maximum Gasteiger partial charge on any atom is 0.0304 e. The van der Waals surface area contributed by atoms with Gasteiger partial charge in [0.05, 0.1) is 0 Å². The molecule has 0 radical (unpaired) electrons. The minimum Gasteiger partial charge on any atom is -0.309 e. The van der Waals surface area contributed by atoms with E-state index in [0.29, 0.717) is 5.54 Å². The molecule has 108 valence electrons. The van der Waals surface area contributed by atoms with Crippen LogP contribution in [0.4, 0.5) is 0 Å². The van der Waals surface area contributed by atoms with Crippen LogP contribution in [0.3, 0.4) is 0 Å². The summed E-state index contributed by atoms with van der Waals surface area (Å²) in [6.07, 6.45) is 9.33. The highest BCUT2D eigenvalue weighted by molar-refractivity contribution is 4.94. The van der Waals surface area contributed by atoms with Crippen molar-refractivity contribution in [2.75, 3.05) is 19.6 Å². The lowest BCUT2D eigenvalue weighted by Gasteiger charge is -2.46. The zero-order chi connectivity index (χ0) is 13.4. The quantitative estimate of drug-likeness (QED) is 0.708. The van der Waals surface area contributed by atoms with Gasteiger partial charge in [-0.1, -0.05) is 47.0 Å². The number of unbranched alkanes of at least 4 members (excludes halogenated alkanes) is 1. The van der Waals surface area contributed by atoms with Crippen molar-refractivity contribution in [2.24, 2.45) is 0 Å². The van der Waals surface area contributed by atoms with Gasteiger partial charge >= 0.3 is 0 Å². The van der Waals surface area contributed by atoms with Crippen LogP contribution in [0.1, 0.15) is 72.6 Å². The van der Waals surface area contributed by atoms with Crippen molar-refractivity contribution in [3.63, 3.8) is 0 Å². The first kappa shape index (κ1) is 16.0. The number of hydrogen-bond acceptors (Lipinski definition) is 2. The highest BCUT2D eigenvalue weighted by Gasteiger charge is 2.33. The predicted octanol–water partition coefficient (Wildman–Crippen LogP) is 3.81. The van der Waals surface area contributed by atoms with Gasteiger partial charge in [-0.2, -0.15) is 0 Å². The number of rotatable bonds is 8. The third kappa shape index (κ3) is 4.24.